The number of rotatable bonds is 6. The molecule has 7 heteroatoms. The Labute approximate surface area is 145 Å². The van der Waals surface area contributed by atoms with E-state index in [1.165, 1.54) is 12.1 Å². The fourth-order valence-electron chi connectivity index (χ4n) is 1.99. The number of phenolic OH excluding ortho intramolecular Hbond substituents is 1. The van der Waals surface area contributed by atoms with Gasteiger partial charge in [-0.25, -0.2) is 14.4 Å². The van der Waals surface area contributed by atoms with Crippen molar-refractivity contribution in [2.75, 3.05) is 6.54 Å². The molecule has 0 radical (unpaired) electrons. The van der Waals surface area contributed by atoms with Crippen molar-refractivity contribution in [2.45, 2.75) is 39.8 Å². The van der Waals surface area contributed by atoms with Gasteiger partial charge >= 0.3 is 0 Å². The molecule has 0 saturated heterocycles. The number of aromatic hydroxyl groups is 1. The molecule has 0 amide bonds. The number of aromatic nitrogens is 1. The Balaban J connectivity index is 1.98. The molecule has 24 heavy (non-hydrogen) atoms. The third kappa shape index (κ3) is 5.19. The van der Waals surface area contributed by atoms with Gasteiger partial charge in [0.1, 0.15) is 5.01 Å². The van der Waals surface area contributed by atoms with Gasteiger partial charge in [-0.1, -0.05) is 19.9 Å². The van der Waals surface area contributed by atoms with Crippen LogP contribution in [0.3, 0.4) is 0 Å². The van der Waals surface area contributed by atoms with Crippen LogP contribution >= 0.6 is 11.3 Å². The Morgan fingerprint density at radius 3 is 2.79 bits per heavy atom. The van der Waals surface area contributed by atoms with Crippen LogP contribution in [0.2, 0.25) is 0 Å². The largest absolute Gasteiger partial charge is 0.505 e. The van der Waals surface area contributed by atoms with Gasteiger partial charge < -0.3 is 15.7 Å². The van der Waals surface area contributed by atoms with Crippen molar-refractivity contribution in [3.63, 3.8) is 0 Å². The Kier molecular flexibility index (Phi) is 6.54. The summed E-state index contributed by atoms with van der Waals surface area (Å²) in [4.78, 5) is 9.01. The Hall–Kier alpha value is -2.15. The molecular weight excluding hydrogens is 327 g/mol. The van der Waals surface area contributed by atoms with Crippen LogP contribution in [0.15, 0.2) is 28.6 Å². The molecule has 0 unspecified atom stereocenters. The van der Waals surface area contributed by atoms with Gasteiger partial charge in [0.15, 0.2) is 17.5 Å². The van der Waals surface area contributed by atoms with E-state index >= 15 is 0 Å². The zero-order chi connectivity index (χ0) is 17.5. The predicted molar refractivity (Wildman–Crippen MR) is 95.9 cm³/mol. The second-order valence-electron chi connectivity index (χ2n) is 5.66. The van der Waals surface area contributed by atoms with Crippen molar-refractivity contribution in [3.8, 4) is 5.75 Å². The number of nitrogens with zero attached hydrogens (tertiary/aromatic N) is 2. The van der Waals surface area contributed by atoms with Crippen LogP contribution in [-0.4, -0.2) is 22.6 Å². The Bertz CT molecular complexity index is 700. The van der Waals surface area contributed by atoms with Crippen molar-refractivity contribution in [1.82, 2.24) is 15.6 Å². The molecule has 0 spiro atoms. The third-order valence-corrected chi connectivity index (χ3v) is 4.21. The number of hydrogen-bond acceptors (Lipinski definition) is 4. The van der Waals surface area contributed by atoms with Gasteiger partial charge in [-0.2, -0.15) is 0 Å². The van der Waals surface area contributed by atoms with Crippen molar-refractivity contribution in [2.24, 2.45) is 4.99 Å². The molecule has 5 nitrogen and oxygen atoms in total. The molecule has 0 atom stereocenters. The van der Waals surface area contributed by atoms with Gasteiger partial charge in [-0.15, -0.1) is 11.3 Å². The second kappa shape index (κ2) is 8.63. The lowest BCUT2D eigenvalue weighted by Gasteiger charge is -2.10. The lowest BCUT2D eigenvalue weighted by Crippen LogP contribution is -2.36. The molecule has 0 bridgehead atoms. The van der Waals surface area contributed by atoms with Crippen LogP contribution in [0.1, 0.15) is 43.0 Å². The summed E-state index contributed by atoms with van der Waals surface area (Å²) in [6.45, 7) is 7.86. The van der Waals surface area contributed by atoms with Crippen LogP contribution in [0.25, 0.3) is 0 Å². The smallest absolute Gasteiger partial charge is 0.191 e. The fourth-order valence-corrected chi connectivity index (χ4v) is 2.89. The van der Waals surface area contributed by atoms with E-state index in [9.17, 15) is 9.50 Å². The first-order chi connectivity index (χ1) is 11.5. The topological polar surface area (TPSA) is 69.5 Å². The Morgan fingerprint density at radius 2 is 2.17 bits per heavy atom. The summed E-state index contributed by atoms with van der Waals surface area (Å²) in [5.41, 5.74) is 1.79. The molecule has 130 valence electrons. The number of phenols is 1. The highest BCUT2D eigenvalue weighted by Gasteiger charge is 2.07. The second-order valence-corrected chi connectivity index (χ2v) is 6.60. The number of aliphatic imine (C=N–C) groups is 1. The summed E-state index contributed by atoms with van der Waals surface area (Å²) in [6.07, 6.45) is 0. The average molecular weight is 350 g/mol. The van der Waals surface area contributed by atoms with Gasteiger partial charge in [0, 0.05) is 11.9 Å². The molecule has 0 saturated carbocycles. The van der Waals surface area contributed by atoms with Crippen LogP contribution in [0.4, 0.5) is 4.39 Å². The zero-order valence-corrected chi connectivity index (χ0v) is 15.0. The molecule has 3 N–H and O–H groups in total. The molecule has 1 aromatic heterocycles. The molecule has 2 rings (SSSR count). The molecule has 0 aliphatic carbocycles. The highest BCUT2D eigenvalue weighted by Crippen LogP contribution is 2.18. The number of guanidine groups is 1. The summed E-state index contributed by atoms with van der Waals surface area (Å²) in [6, 6.07) is 4.28. The maximum atomic E-state index is 13.4. The summed E-state index contributed by atoms with van der Waals surface area (Å²) in [7, 11) is 0. The first-order valence-electron chi connectivity index (χ1n) is 7.93. The zero-order valence-electron chi connectivity index (χ0n) is 14.1. The molecule has 1 heterocycles. The maximum absolute atomic E-state index is 13.4. The van der Waals surface area contributed by atoms with Crippen molar-refractivity contribution in [1.29, 1.82) is 0 Å². The van der Waals surface area contributed by atoms with Crippen molar-refractivity contribution >= 4 is 17.3 Å². The average Bonchev–Trinajstić information content (AvgIpc) is 3.02. The molecule has 0 aliphatic heterocycles. The third-order valence-electron chi connectivity index (χ3n) is 3.34. The summed E-state index contributed by atoms with van der Waals surface area (Å²) >= 11 is 1.62. The van der Waals surface area contributed by atoms with E-state index in [4.69, 9.17) is 0 Å². The normalized spacial score (nSPS) is 11.8. The molecule has 0 fully saturated rings. The summed E-state index contributed by atoms with van der Waals surface area (Å²) < 4.78 is 13.4. The van der Waals surface area contributed by atoms with E-state index in [0.717, 1.165) is 17.2 Å². The van der Waals surface area contributed by atoms with Gasteiger partial charge in [0.2, 0.25) is 0 Å². The van der Waals surface area contributed by atoms with Crippen molar-refractivity contribution in [3.05, 3.63) is 45.7 Å². The Morgan fingerprint density at radius 1 is 1.38 bits per heavy atom. The van der Waals surface area contributed by atoms with Crippen LogP contribution < -0.4 is 10.6 Å². The quantitative estimate of drug-likeness (QED) is 0.552. The molecule has 0 aliphatic rings. The summed E-state index contributed by atoms with van der Waals surface area (Å²) in [5.74, 6) is 0.0794. The van der Waals surface area contributed by atoms with Crippen LogP contribution in [0, 0.1) is 5.82 Å². The van der Waals surface area contributed by atoms with Gasteiger partial charge in [0.25, 0.3) is 0 Å². The van der Waals surface area contributed by atoms with Gasteiger partial charge in [-0.05, 0) is 30.5 Å². The number of hydrogen-bond donors (Lipinski definition) is 3. The number of thiazole rings is 1. The lowest BCUT2D eigenvalue weighted by atomic mass is 10.2. The number of nitrogens with one attached hydrogen (secondary N) is 2. The standard InChI is InChI=1S/C17H23FN4OS/c1-4-19-17(20-8-12-5-6-15(23)13(18)7-12)21-9-16-22-14(10-24-16)11(2)3/h5-7,10-11,23H,4,8-9H2,1-3H3,(H2,19,20,21). The minimum absolute atomic E-state index is 0.321. The van der Waals surface area contributed by atoms with Gasteiger partial charge in [0.05, 0.1) is 18.8 Å². The number of halogens is 1. The monoisotopic (exact) mass is 350 g/mol. The molecular formula is C17H23FN4OS. The highest BCUT2D eigenvalue weighted by atomic mass is 32.1. The molecule has 2 aromatic rings. The lowest BCUT2D eigenvalue weighted by molar-refractivity contribution is 0.432. The van der Waals surface area contributed by atoms with E-state index in [1.54, 1.807) is 17.4 Å². The molecule has 1 aromatic carbocycles. The van der Waals surface area contributed by atoms with E-state index in [0.29, 0.717) is 30.5 Å². The first-order valence-corrected chi connectivity index (χ1v) is 8.81. The van der Waals surface area contributed by atoms with Crippen LogP contribution in [-0.2, 0) is 13.1 Å². The first kappa shape index (κ1) is 18.2. The van der Waals surface area contributed by atoms with E-state index in [1.807, 2.05) is 6.92 Å². The maximum Gasteiger partial charge on any atom is 0.191 e. The summed E-state index contributed by atoms with van der Waals surface area (Å²) in [5, 5.41) is 18.7. The van der Waals surface area contributed by atoms with Crippen molar-refractivity contribution < 1.29 is 9.50 Å². The van der Waals surface area contributed by atoms with E-state index < -0.39 is 5.82 Å². The van der Waals surface area contributed by atoms with E-state index in [-0.39, 0.29) is 5.75 Å². The van der Waals surface area contributed by atoms with Crippen LogP contribution in [0.5, 0.6) is 5.75 Å². The highest BCUT2D eigenvalue weighted by molar-refractivity contribution is 7.09. The predicted octanol–water partition coefficient (Wildman–Crippen LogP) is 3.37. The number of benzene rings is 1. The SMILES string of the molecule is CCNC(=NCc1ccc(O)c(F)c1)NCc1nc(C(C)C)cs1. The minimum Gasteiger partial charge on any atom is -0.505 e. The van der Waals surface area contributed by atoms with E-state index in [2.05, 4.69) is 39.8 Å². The fraction of sp³-hybridized carbons (Fsp3) is 0.412. The van der Waals surface area contributed by atoms with Gasteiger partial charge in [-0.3, -0.25) is 0 Å². The minimum atomic E-state index is -0.635.